The molecule has 2 N–H and O–H groups in total. The Balaban J connectivity index is 1.82. The summed E-state index contributed by atoms with van der Waals surface area (Å²) in [5, 5.41) is 1.11. The summed E-state index contributed by atoms with van der Waals surface area (Å²) in [6.07, 6.45) is 1.27. The van der Waals surface area contributed by atoms with Crippen LogP contribution in [-0.2, 0) is 15.7 Å². The normalized spacial score (nSPS) is 12.6. The number of nitrogens with zero attached hydrogens (tertiary/aromatic N) is 1. The summed E-state index contributed by atoms with van der Waals surface area (Å²) in [6.45, 7) is 7.28. The third-order valence-corrected chi connectivity index (χ3v) is 6.32. The monoisotopic (exact) mass is 478 g/mol. The number of nitrogens with two attached hydrogens (primary N) is 1. The highest BCUT2D eigenvalue weighted by atomic mass is 35.5. The summed E-state index contributed by atoms with van der Waals surface area (Å²) in [7, 11) is -2.52. The van der Waals surface area contributed by atoms with Gasteiger partial charge in [0.1, 0.15) is 6.10 Å². The average molecular weight is 479 g/mol. The minimum Gasteiger partial charge on any atom is -0.482 e. The van der Waals surface area contributed by atoms with Gasteiger partial charge in [0.25, 0.3) is 0 Å². The van der Waals surface area contributed by atoms with Crippen molar-refractivity contribution < 1.29 is 13.8 Å². The van der Waals surface area contributed by atoms with E-state index in [9.17, 15) is 4.57 Å². The summed E-state index contributed by atoms with van der Waals surface area (Å²) >= 11 is 12.8. The number of aryl methyl sites for hydroxylation is 1. The van der Waals surface area contributed by atoms with E-state index in [2.05, 4.69) is 4.98 Å². The van der Waals surface area contributed by atoms with Crippen LogP contribution in [0.2, 0.25) is 10.0 Å². The number of ether oxygens (including phenoxy) is 1. The van der Waals surface area contributed by atoms with Gasteiger partial charge in [0.15, 0.2) is 18.9 Å². The molecule has 0 bridgehead atoms. The van der Waals surface area contributed by atoms with E-state index in [4.69, 9.17) is 38.2 Å². The SMILES string of the molecule is Cc1ccc(Cl)c(C(C)Oc2cc(-c3ccc(COP(C)(C)=O)cc3)cnc2N)c1Cl. The minimum absolute atomic E-state index is 0.280. The zero-order valence-electron chi connectivity index (χ0n) is 17.9. The zero-order valence-corrected chi connectivity index (χ0v) is 20.3. The lowest BCUT2D eigenvalue weighted by atomic mass is 10.1. The molecule has 0 aliphatic heterocycles. The van der Waals surface area contributed by atoms with Crippen LogP contribution in [0.25, 0.3) is 11.1 Å². The van der Waals surface area contributed by atoms with E-state index in [0.717, 1.165) is 22.3 Å². The number of nitrogen functional groups attached to an aromatic ring is 1. The van der Waals surface area contributed by atoms with Crippen molar-refractivity contribution in [1.82, 2.24) is 4.98 Å². The topological polar surface area (TPSA) is 74.4 Å². The van der Waals surface area contributed by atoms with Crippen LogP contribution < -0.4 is 10.5 Å². The van der Waals surface area contributed by atoms with Crippen molar-refractivity contribution in [3.8, 4) is 16.9 Å². The second-order valence-corrected chi connectivity index (χ2v) is 11.2. The van der Waals surface area contributed by atoms with Gasteiger partial charge in [0, 0.05) is 35.7 Å². The van der Waals surface area contributed by atoms with Crippen LogP contribution >= 0.6 is 30.6 Å². The van der Waals surface area contributed by atoms with Gasteiger partial charge in [-0.05, 0) is 42.7 Å². The maximum atomic E-state index is 11.7. The Morgan fingerprint density at radius 2 is 1.77 bits per heavy atom. The predicted octanol–water partition coefficient (Wildman–Crippen LogP) is 7.14. The lowest BCUT2D eigenvalue weighted by Crippen LogP contribution is -2.08. The van der Waals surface area contributed by atoms with Crippen molar-refractivity contribution in [2.24, 2.45) is 0 Å². The number of hydrogen-bond donors (Lipinski definition) is 1. The first-order chi connectivity index (χ1) is 14.5. The van der Waals surface area contributed by atoms with Crippen LogP contribution in [0, 0.1) is 6.92 Å². The summed E-state index contributed by atoms with van der Waals surface area (Å²) in [5.74, 6) is 0.728. The molecule has 2 aromatic carbocycles. The number of hydrogen-bond acceptors (Lipinski definition) is 5. The molecule has 5 nitrogen and oxygen atoms in total. The molecule has 164 valence electrons. The fraction of sp³-hybridized carbons (Fsp3) is 0.261. The average Bonchev–Trinajstić information content (AvgIpc) is 2.71. The van der Waals surface area contributed by atoms with Crippen molar-refractivity contribution in [3.63, 3.8) is 0 Å². The fourth-order valence-electron chi connectivity index (χ4n) is 3.03. The van der Waals surface area contributed by atoms with Crippen LogP contribution in [0.1, 0.15) is 29.7 Å². The van der Waals surface area contributed by atoms with Gasteiger partial charge in [-0.2, -0.15) is 0 Å². The third kappa shape index (κ3) is 6.02. The Bertz CT molecular complexity index is 1130. The van der Waals surface area contributed by atoms with Crippen molar-refractivity contribution in [1.29, 1.82) is 0 Å². The van der Waals surface area contributed by atoms with Gasteiger partial charge >= 0.3 is 0 Å². The highest BCUT2D eigenvalue weighted by Gasteiger charge is 2.19. The summed E-state index contributed by atoms with van der Waals surface area (Å²) in [4.78, 5) is 4.28. The third-order valence-electron chi connectivity index (χ3n) is 4.74. The van der Waals surface area contributed by atoms with E-state index in [1.165, 1.54) is 0 Å². The molecule has 0 saturated carbocycles. The Kier molecular flexibility index (Phi) is 7.33. The molecule has 0 aliphatic rings. The first-order valence-corrected chi connectivity index (χ1v) is 13.0. The first kappa shape index (κ1) is 23.6. The van der Waals surface area contributed by atoms with Crippen LogP contribution in [0.3, 0.4) is 0 Å². The van der Waals surface area contributed by atoms with Gasteiger partial charge in [-0.3, -0.25) is 4.57 Å². The molecule has 3 aromatic rings. The highest BCUT2D eigenvalue weighted by Crippen LogP contribution is 2.39. The molecule has 1 unspecified atom stereocenters. The van der Waals surface area contributed by atoms with Gasteiger partial charge in [-0.25, -0.2) is 4.98 Å². The largest absolute Gasteiger partial charge is 0.482 e. The standard InChI is InChI=1S/C23H25Cl2N2O3P/c1-14-5-10-19(24)21(22(14)25)15(2)30-20-11-18(12-27-23(20)26)17-8-6-16(7-9-17)13-29-31(3,4)28/h5-12,15H,13H2,1-4H3,(H2,26,27). The molecule has 1 aromatic heterocycles. The molecular weight excluding hydrogens is 454 g/mol. The van der Waals surface area contributed by atoms with Crippen LogP contribution in [-0.4, -0.2) is 18.3 Å². The molecule has 31 heavy (non-hydrogen) atoms. The van der Waals surface area contributed by atoms with Crippen LogP contribution in [0.5, 0.6) is 5.75 Å². The summed E-state index contributed by atoms with van der Waals surface area (Å²) < 4.78 is 23.2. The van der Waals surface area contributed by atoms with Crippen LogP contribution in [0.15, 0.2) is 48.7 Å². The summed E-state index contributed by atoms with van der Waals surface area (Å²) in [6, 6.07) is 13.3. The molecule has 3 rings (SSSR count). The molecule has 0 aliphatic carbocycles. The molecule has 0 spiro atoms. The Morgan fingerprint density at radius 1 is 1.10 bits per heavy atom. The lowest BCUT2D eigenvalue weighted by Gasteiger charge is -2.20. The number of rotatable bonds is 7. The van der Waals surface area contributed by atoms with Crippen molar-refractivity contribution >= 4 is 36.4 Å². The van der Waals surface area contributed by atoms with Crippen LogP contribution in [0.4, 0.5) is 5.82 Å². The number of halogens is 2. The van der Waals surface area contributed by atoms with E-state index in [-0.39, 0.29) is 5.82 Å². The number of benzene rings is 2. The van der Waals surface area contributed by atoms with E-state index >= 15 is 0 Å². The molecule has 0 radical (unpaired) electrons. The number of pyridine rings is 1. The van der Waals surface area contributed by atoms with E-state index in [0.29, 0.717) is 28.0 Å². The maximum Gasteiger partial charge on any atom is 0.197 e. The maximum absolute atomic E-state index is 11.7. The Labute approximate surface area is 193 Å². The van der Waals surface area contributed by atoms with E-state index < -0.39 is 13.5 Å². The zero-order chi connectivity index (χ0) is 22.8. The smallest absolute Gasteiger partial charge is 0.197 e. The van der Waals surface area contributed by atoms with Crippen molar-refractivity contribution in [3.05, 3.63) is 75.4 Å². The van der Waals surface area contributed by atoms with Gasteiger partial charge in [0.2, 0.25) is 0 Å². The van der Waals surface area contributed by atoms with Gasteiger partial charge in [-0.15, -0.1) is 0 Å². The quantitative estimate of drug-likeness (QED) is 0.365. The lowest BCUT2D eigenvalue weighted by molar-refractivity contribution is 0.228. The molecule has 8 heteroatoms. The van der Waals surface area contributed by atoms with Crippen molar-refractivity contribution in [2.75, 3.05) is 19.1 Å². The summed E-state index contributed by atoms with van der Waals surface area (Å²) in [5.41, 5.74) is 10.4. The second-order valence-electron chi connectivity index (χ2n) is 7.68. The first-order valence-electron chi connectivity index (χ1n) is 9.70. The van der Waals surface area contributed by atoms with Crippen molar-refractivity contribution in [2.45, 2.75) is 26.6 Å². The predicted molar refractivity (Wildman–Crippen MR) is 129 cm³/mol. The van der Waals surface area contributed by atoms with E-state index in [1.54, 1.807) is 25.6 Å². The molecule has 1 heterocycles. The number of aromatic nitrogens is 1. The molecule has 1 atom stereocenters. The Hall–Kier alpha value is -2.04. The molecular formula is C23H25Cl2N2O3P. The fourth-order valence-corrected chi connectivity index (χ4v) is 4.17. The molecule has 0 amide bonds. The van der Waals surface area contributed by atoms with E-state index in [1.807, 2.05) is 50.2 Å². The molecule has 0 fully saturated rings. The van der Waals surface area contributed by atoms with Gasteiger partial charge < -0.3 is 15.0 Å². The number of anilines is 1. The highest BCUT2D eigenvalue weighted by molar-refractivity contribution is 7.57. The minimum atomic E-state index is -2.52. The van der Waals surface area contributed by atoms with Gasteiger partial charge in [-0.1, -0.05) is 53.5 Å². The Morgan fingerprint density at radius 3 is 2.42 bits per heavy atom. The second kappa shape index (κ2) is 9.62. The van der Waals surface area contributed by atoms with Gasteiger partial charge in [0.05, 0.1) is 11.6 Å². The molecule has 0 saturated heterocycles.